The summed E-state index contributed by atoms with van der Waals surface area (Å²) in [7, 11) is 0. The number of hydrogen-bond acceptors (Lipinski definition) is 0. The molecule has 2 rings (SSSR count). The van der Waals surface area contributed by atoms with Gasteiger partial charge in [0.2, 0.25) is 0 Å². The monoisotopic (exact) mass is 220 g/mol. The fourth-order valence-electron chi connectivity index (χ4n) is 3.77. The first-order chi connectivity index (χ1) is 7.79. The van der Waals surface area contributed by atoms with E-state index < -0.39 is 0 Å². The smallest absolute Gasteiger partial charge is 0.0317 e. The van der Waals surface area contributed by atoms with Crippen LogP contribution in [0.15, 0.2) is 11.6 Å². The Morgan fingerprint density at radius 2 is 1.81 bits per heavy atom. The van der Waals surface area contributed by atoms with E-state index in [1.807, 2.05) is 0 Å². The number of allylic oxidation sites excluding steroid dienone is 2. The van der Waals surface area contributed by atoms with Crippen molar-refractivity contribution in [2.45, 2.75) is 71.6 Å². The SMILES string of the molecule is CCCC1CCC(C2CC=C(C)CC2)CC1. The summed E-state index contributed by atoms with van der Waals surface area (Å²) in [4.78, 5) is 0. The predicted molar refractivity (Wildman–Crippen MR) is 71.5 cm³/mol. The molecule has 1 unspecified atom stereocenters. The van der Waals surface area contributed by atoms with Crippen LogP contribution in [0.25, 0.3) is 0 Å². The Bertz CT molecular complexity index is 230. The third-order valence-corrected chi connectivity index (χ3v) is 4.93. The van der Waals surface area contributed by atoms with Gasteiger partial charge in [0.15, 0.2) is 0 Å². The largest absolute Gasteiger partial charge is 0.0853 e. The van der Waals surface area contributed by atoms with E-state index in [4.69, 9.17) is 0 Å². The van der Waals surface area contributed by atoms with Gasteiger partial charge < -0.3 is 0 Å². The van der Waals surface area contributed by atoms with Crippen LogP contribution >= 0.6 is 0 Å². The van der Waals surface area contributed by atoms with E-state index >= 15 is 0 Å². The Morgan fingerprint density at radius 1 is 1.06 bits per heavy atom. The van der Waals surface area contributed by atoms with Gasteiger partial charge in [0, 0.05) is 0 Å². The first-order valence-electron chi connectivity index (χ1n) is 7.45. The zero-order valence-corrected chi connectivity index (χ0v) is 11.2. The van der Waals surface area contributed by atoms with Crippen LogP contribution in [-0.4, -0.2) is 0 Å². The van der Waals surface area contributed by atoms with E-state index in [9.17, 15) is 0 Å². The third kappa shape index (κ3) is 3.12. The van der Waals surface area contributed by atoms with Crippen LogP contribution in [0.4, 0.5) is 0 Å². The second-order valence-corrected chi connectivity index (χ2v) is 6.15. The Morgan fingerprint density at radius 3 is 2.38 bits per heavy atom. The van der Waals surface area contributed by atoms with Crippen LogP contribution in [0.1, 0.15) is 71.6 Å². The number of rotatable bonds is 3. The van der Waals surface area contributed by atoms with Gasteiger partial charge in [-0.15, -0.1) is 0 Å². The molecule has 0 aromatic heterocycles. The van der Waals surface area contributed by atoms with E-state index in [0.29, 0.717) is 0 Å². The summed E-state index contributed by atoms with van der Waals surface area (Å²) >= 11 is 0. The van der Waals surface area contributed by atoms with Crippen molar-refractivity contribution in [3.8, 4) is 0 Å². The Balaban J connectivity index is 1.76. The minimum absolute atomic E-state index is 1.03. The zero-order valence-electron chi connectivity index (χ0n) is 11.2. The molecular weight excluding hydrogens is 192 g/mol. The summed E-state index contributed by atoms with van der Waals surface area (Å²) in [5.74, 6) is 3.17. The van der Waals surface area contributed by atoms with E-state index in [1.54, 1.807) is 5.57 Å². The van der Waals surface area contributed by atoms with Crippen molar-refractivity contribution in [1.82, 2.24) is 0 Å². The average molecular weight is 220 g/mol. The molecule has 0 bridgehead atoms. The highest BCUT2D eigenvalue weighted by molar-refractivity contribution is 5.03. The summed E-state index contributed by atoms with van der Waals surface area (Å²) < 4.78 is 0. The molecular formula is C16H28. The van der Waals surface area contributed by atoms with Crippen molar-refractivity contribution in [1.29, 1.82) is 0 Å². The quantitative estimate of drug-likeness (QED) is 0.563. The molecule has 1 saturated carbocycles. The maximum absolute atomic E-state index is 2.51. The van der Waals surface area contributed by atoms with Crippen LogP contribution in [0.2, 0.25) is 0 Å². The predicted octanol–water partition coefficient (Wildman–Crippen LogP) is 5.34. The van der Waals surface area contributed by atoms with Gasteiger partial charge in [-0.3, -0.25) is 0 Å². The normalized spacial score (nSPS) is 35.9. The molecule has 0 spiro atoms. The summed E-state index contributed by atoms with van der Waals surface area (Å²) in [5, 5.41) is 0. The molecule has 0 aromatic carbocycles. The summed E-state index contributed by atoms with van der Waals surface area (Å²) in [6.07, 6.45) is 15.7. The lowest BCUT2D eigenvalue weighted by molar-refractivity contribution is 0.187. The molecule has 0 saturated heterocycles. The molecule has 0 aromatic rings. The molecule has 0 amide bonds. The van der Waals surface area contributed by atoms with Crippen LogP contribution in [0.3, 0.4) is 0 Å². The molecule has 2 aliphatic rings. The summed E-state index contributed by atoms with van der Waals surface area (Å²) in [6.45, 7) is 4.63. The Labute approximate surface area is 102 Å². The molecule has 2 aliphatic carbocycles. The third-order valence-electron chi connectivity index (χ3n) is 4.93. The minimum atomic E-state index is 1.03. The van der Waals surface area contributed by atoms with Crippen molar-refractivity contribution in [2.24, 2.45) is 17.8 Å². The lowest BCUT2D eigenvalue weighted by Crippen LogP contribution is -2.23. The van der Waals surface area contributed by atoms with Crippen molar-refractivity contribution >= 4 is 0 Å². The lowest BCUT2D eigenvalue weighted by Gasteiger charge is -2.35. The van der Waals surface area contributed by atoms with Crippen LogP contribution < -0.4 is 0 Å². The van der Waals surface area contributed by atoms with Gasteiger partial charge in [-0.05, 0) is 56.8 Å². The van der Waals surface area contributed by atoms with Gasteiger partial charge in [-0.1, -0.05) is 44.3 Å². The summed E-state index contributed by atoms with van der Waals surface area (Å²) in [6, 6.07) is 0. The topological polar surface area (TPSA) is 0 Å². The number of hydrogen-bond donors (Lipinski definition) is 0. The van der Waals surface area contributed by atoms with Crippen molar-refractivity contribution in [3.05, 3.63) is 11.6 Å². The van der Waals surface area contributed by atoms with Crippen LogP contribution in [-0.2, 0) is 0 Å². The van der Waals surface area contributed by atoms with E-state index in [-0.39, 0.29) is 0 Å². The average Bonchev–Trinajstić information content (AvgIpc) is 2.32. The first-order valence-corrected chi connectivity index (χ1v) is 7.45. The van der Waals surface area contributed by atoms with Gasteiger partial charge in [-0.2, -0.15) is 0 Å². The molecule has 1 fully saturated rings. The lowest BCUT2D eigenvalue weighted by atomic mass is 9.71. The second kappa shape index (κ2) is 5.89. The maximum atomic E-state index is 2.51. The van der Waals surface area contributed by atoms with E-state index in [0.717, 1.165) is 17.8 Å². The van der Waals surface area contributed by atoms with Gasteiger partial charge in [0.05, 0.1) is 0 Å². The van der Waals surface area contributed by atoms with Crippen LogP contribution in [0, 0.1) is 17.8 Å². The molecule has 0 radical (unpaired) electrons. The molecule has 0 heterocycles. The van der Waals surface area contributed by atoms with Gasteiger partial charge >= 0.3 is 0 Å². The van der Waals surface area contributed by atoms with E-state index in [1.165, 1.54) is 57.8 Å². The van der Waals surface area contributed by atoms with Gasteiger partial charge in [0.1, 0.15) is 0 Å². The molecule has 1 atom stereocenters. The highest BCUT2D eigenvalue weighted by Gasteiger charge is 2.27. The minimum Gasteiger partial charge on any atom is -0.0853 e. The first kappa shape index (κ1) is 12.2. The molecule has 0 nitrogen and oxygen atoms in total. The molecule has 0 aliphatic heterocycles. The van der Waals surface area contributed by atoms with Crippen LogP contribution in [0.5, 0.6) is 0 Å². The van der Waals surface area contributed by atoms with Gasteiger partial charge in [-0.25, -0.2) is 0 Å². The van der Waals surface area contributed by atoms with Crippen molar-refractivity contribution in [2.75, 3.05) is 0 Å². The standard InChI is InChI=1S/C16H28/c1-3-4-14-7-11-16(12-8-14)15-9-5-13(2)6-10-15/h5,14-16H,3-4,6-12H2,1-2H3. The molecule has 16 heavy (non-hydrogen) atoms. The summed E-state index contributed by atoms with van der Waals surface area (Å²) in [5.41, 5.74) is 1.64. The molecule has 0 N–H and O–H groups in total. The van der Waals surface area contributed by atoms with Gasteiger partial charge in [0.25, 0.3) is 0 Å². The van der Waals surface area contributed by atoms with E-state index in [2.05, 4.69) is 19.9 Å². The highest BCUT2D eigenvalue weighted by atomic mass is 14.3. The zero-order chi connectivity index (χ0) is 11.4. The Kier molecular flexibility index (Phi) is 4.49. The Hall–Kier alpha value is -0.260. The second-order valence-electron chi connectivity index (χ2n) is 6.15. The highest BCUT2D eigenvalue weighted by Crippen LogP contribution is 2.40. The molecule has 92 valence electrons. The fourth-order valence-corrected chi connectivity index (χ4v) is 3.77. The molecule has 0 heteroatoms. The van der Waals surface area contributed by atoms with Crippen molar-refractivity contribution < 1.29 is 0 Å². The van der Waals surface area contributed by atoms with Crippen molar-refractivity contribution in [3.63, 3.8) is 0 Å². The fraction of sp³-hybridized carbons (Fsp3) is 0.875. The maximum Gasteiger partial charge on any atom is -0.0317 e.